The summed E-state index contributed by atoms with van der Waals surface area (Å²) in [6, 6.07) is 3.79. The number of hydrogen-bond acceptors (Lipinski definition) is 4. The van der Waals surface area contributed by atoms with Crippen LogP contribution in [0, 0.1) is 0 Å². The van der Waals surface area contributed by atoms with Gasteiger partial charge in [0, 0.05) is 12.6 Å². The third kappa shape index (κ3) is 2.06. The van der Waals surface area contributed by atoms with Crippen LogP contribution in [0.15, 0.2) is 12.1 Å². The molecule has 5 nitrogen and oxygen atoms in total. The number of nitrogens with zero attached hydrogens (tertiary/aromatic N) is 3. The topological polar surface area (TPSA) is 66.3 Å². The van der Waals surface area contributed by atoms with Gasteiger partial charge in [-0.1, -0.05) is 0 Å². The summed E-state index contributed by atoms with van der Waals surface area (Å²) < 4.78 is 0. The molecule has 0 spiro atoms. The Morgan fingerprint density at radius 3 is 2.67 bits per heavy atom. The van der Waals surface area contributed by atoms with E-state index in [0.29, 0.717) is 6.04 Å². The number of anilines is 1. The molecule has 0 aliphatic heterocycles. The zero-order chi connectivity index (χ0) is 10.8. The molecule has 1 fully saturated rings. The summed E-state index contributed by atoms with van der Waals surface area (Å²) in [5, 5.41) is 16.3. The summed E-state index contributed by atoms with van der Waals surface area (Å²) in [5.74, 6) is -0.270. The normalized spacial score (nSPS) is 15.0. The largest absolute Gasteiger partial charge is 0.476 e. The first-order valence-electron chi connectivity index (χ1n) is 5.06. The molecule has 0 unspecified atom stereocenters. The second kappa shape index (κ2) is 3.84. The monoisotopic (exact) mass is 207 g/mol. The van der Waals surface area contributed by atoms with Crippen LogP contribution in [0.1, 0.15) is 30.3 Å². The van der Waals surface area contributed by atoms with Crippen LogP contribution in [0.3, 0.4) is 0 Å². The number of carboxylic acids is 1. The molecule has 1 aliphatic rings. The summed E-state index contributed by atoms with van der Waals surface area (Å²) >= 11 is 0. The molecule has 0 bridgehead atoms. The van der Waals surface area contributed by atoms with Gasteiger partial charge in [-0.25, -0.2) is 4.79 Å². The molecule has 1 N–H and O–H groups in total. The van der Waals surface area contributed by atoms with Crippen molar-refractivity contribution in [1.29, 1.82) is 0 Å². The Morgan fingerprint density at radius 2 is 2.27 bits per heavy atom. The van der Waals surface area contributed by atoms with Gasteiger partial charge in [0.25, 0.3) is 0 Å². The highest BCUT2D eigenvalue weighted by atomic mass is 16.4. The predicted molar refractivity (Wildman–Crippen MR) is 55.0 cm³/mol. The molecule has 15 heavy (non-hydrogen) atoms. The molecule has 0 radical (unpaired) electrons. The molecule has 0 aromatic carbocycles. The average molecular weight is 207 g/mol. The minimum atomic E-state index is -1.04. The number of hydrogen-bond donors (Lipinski definition) is 1. The lowest BCUT2D eigenvalue weighted by Crippen LogP contribution is -2.26. The molecule has 0 saturated heterocycles. The maximum atomic E-state index is 10.6. The van der Waals surface area contributed by atoms with Crippen LogP contribution in [0.5, 0.6) is 0 Å². The molecule has 5 heteroatoms. The van der Waals surface area contributed by atoms with Gasteiger partial charge in [-0.05, 0) is 31.9 Å². The Morgan fingerprint density at radius 1 is 1.53 bits per heavy atom. The second-order valence-electron chi connectivity index (χ2n) is 3.60. The standard InChI is InChI=1S/C10H13N3O2/c1-2-13(7-3-4-7)9-6-5-8(10(14)15)11-12-9/h5-7H,2-4H2,1H3,(H,14,15). The van der Waals surface area contributed by atoms with E-state index in [-0.39, 0.29) is 5.69 Å². The summed E-state index contributed by atoms with van der Waals surface area (Å²) in [5.41, 5.74) is -0.00870. The zero-order valence-corrected chi connectivity index (χ0v) is 8.55. The van der Waals surface area contributed by atoms with Crippen molar-refractivity contribution in [3.05, 3.63) is 17.8 Å². The summed E-state index contributed by atoms with van der Waals surface area (Å²) in [4.78, 5) is 12.7. The minimum Gasteiger partial charge on any atom is -0.476 e. The van der Waals surface area contributed by atoms with Crippen molar-refractivity contribution in [3.63, 3.8) is 0 Å². The summed E-state index contributed by atoms with van der Waals surface area (Å²) in [6.45, 7) is 2.94. The van der Waals surface area contributed by atoms with Crippen molar-refractivity contribution in [2.45, 2.75) is 25.8 Å². The fourth-order valence-electron chi connectivity index (χ4n) is 1.59. The highest BCUT2D eigenvalue weighted by Gasteiger charge is 2.29. The fraction of sp³-hybridized carbons (Fsp3) is 0.500. The van der Waals surface area contributed by atoms with Crippen molar-refractivity contribution in [3.8, 4) is 0 Å². The van der Waals surface area contributed by atoms with E-state index in [1.807, 2.05) is 0 Å². The van der Waals surface area contributed by atoms with Crippen molar-refractivity contribution in [1.82, 2.24) is 10.2 Å². The van der Waals surface area contributed by atoms with Gasteiger partial charge in [-0.2, -0.15) is 0 Å². The molecule has 0 atom stereocenters. The predicted octanol–water partition coefficient (Wildman–Crippen LogP) is 1.16. The summed E-state index contributed by atoms with van der Waals surface area (Å²) in [7, 11) is 0. The van der Waals surface area contributed by atoms with Crippen LogP contribution in [0.25, 0.3) is 0 Å². The molecule has 2 rings (SSSR count). The number of rotatable bonds is 4. The maximum Gasteiger partial charge on any atom is 0.356 e. The molecule has 80 valence electrons. The van der Waals surface area contributed by atoms with Crippen molar-refractivity contribution < 1.29 is 9.90 Å². The van der Waals surface area contributed by atoms with Crippen molar-refractivity contribution >= 4 is 11.8 Å². The quantitative estimate of drug-likeness (QED) is 0.802. The van der Waals surface area contributed by atoms with Crippen molar-refractivity contribution in [2.75, 3.05) is 11.4 Å². The van der Waals surface area contributed by atoms with E-state index in [1.54, 1.807) is 6.07 Å². The van der Waals surface area contributed by atoms with E-state index in [1.165, 1.54) is 18.9 Å². The fourth-order valence-corrected chi connectivity index (χ4v) is 1.59. The van der Waals surface area contributed by atoms with Gasteiger partial charge in [0.05, 0.1) is 0 Å². The first kappa shape index (κ1) is 9.89. The Hall–Kier alpha value is -1.65. The van der Waals surface area contributed by atoms with E-state index in [0.717, 1.165) is 12.4 Å². The number of carbonyl (C=O) groups is 1. The smallest absolute Gasteiger partial charge is 0.356 e. The SMILES string of the molecule is CCN(c1ccc(C(=O)O)nn1)C1CC1. The van der Waals surface area contributed by atoms with Gasteiger partial charge in [0.15, 0.2) is 11.5 Å². The second-order valence-corrected chi connectivity index (χ2v) is 3.60. The third-order valence-corrected chi connectivity index (χ3v) is 2.49. The Balaban J connectivity index is 2.17. The van der Waals surface area contributed by atoms with Gasteiger partial charge in [-0.15, -0.1) is 10.2 Å². The van der Waals surface area contributed by atoms with Crippen LogP contribution < -0.4 is 4.90 Å². The van der Waals surface area contributed by atoms with Gasteiger partial charge in [0.1, 0.15) is 0 Å². The molecule has 1 saturated carbocycles. The maximum absolute atomic E-state index is 10.6. The molecule has 1 aromatic heterocycles. The van der Waals surface area contributed by atoms with E-state index in [9.17, 15) is 4.79 Å². The van der Waals surface area contributed by atoms with Gasteiger partial charge in [0.2, 0.25) is 0 Å². The van der Waals surface area contributed by atoms with Crippen LogP contribution >= 0.6 is 0 Å². The number of carboxylic acid groups (broad SMARTS) is 1. The number of aromatic nitrogens is 2. The van der Waals surface area contributed by atoms with E-state index >= 15 is 0 Å². The van der Waals surface area contributed by atoms with Gasteiger partial charge < -0.3 is 10.0 Å². The van der Waals surface area contributed by atoms with E-state index < -0.39 is 5.97 Å². The Kier molecular flexibility index (Phi) is 2.53. The Bertz CT molecular complexity index is 359. The lowest BCUT2D eigenvalue weighted by Gasteiger charge is -2.20. The van der Waals surface area contributed by atoms with E-state index in [4.69, 9.17) is 5.11 Å². The van der Waals surface area contributed by atoms with E-state index in [2.05, 4.69) is 22.0 Å². The third-order valence-electron chi connectivity index (χ3n) is 2.49. The minimum absolute atomic E-state index is 0.00870. The zero-order valence-electron chi connectivity index (χ0n) is 8.55. The molecular weight excluding hydrogens is 194 g/mol. The molecule has 1 aromatic rings. The number of aromatic carboxylic acids is 1. The first-order chi connectivity index (χ1) is 7.22. The van der Waals surface area contributed by atoms with Crippen LogP contribution in [0.4, 0.5) is 5.82 Å². The Labute approximate surface area is 87.7 Å². The van der Waals surface area contributed by atoms with Gasteiger partial charge in [-0.3, -0.25) is 0 Å². The highest BCUT2D eigenvalue weighted by Crippen LogP contribution is 2.29. The van der Waals surface area contributed by atoms with Crippen LogP contribution in [-0.2, 0) is 0 Å². The first-order valence-corrected chi connectivity index (χ1v) is 5.06. The average Bonchev–Trinajstić information content (AvgIpc) is 3.04. The molecule has 0 amide bonds. The molecule has 1 aliphatic carbocycles. The van der Waals surface area contributed by atoms with Crippen LogP contribution in [-0.4, -0.2) is 33.9 Å². The lowest BCUT2D eigenvalue weighted by atomic mass is 10.3. The van der Waals surface area contributed by atoms with Crippen LogP contribution in [0.2, 0.25) is 0 Å². The molecular formula is C10H13N3O2. The lowest BCUT2D eigenvalue weighted by molar-refractivity contribution is 0.0689. The molecule has 1 heterocycles. The van der Waals surface area contributed by atoms with Gasteiger partial charge >= 0.3 is 5.97 Å². The highest BCUT2D eigenvalue weighted by molar-refractivity contribution is 5.85. The summed E-state index contributed by atoms with van der Waals surface area (Å²) in [6.07, 6.45) is 2.38. The van der Waals surface area contributed by atoms with Crippen molar-refractivity contribution in [2.24, 2.45) is 0 Å².